The molecule has 2 aromatic rings. The number of hydrogen-bond donors (Lipinski definition) is 2. The highest BCUT2D eigenvalue weighted by Crippen LogP contribution is 2.33. The maximum atomic E-state index is 12.9. The number of likely N-dealkylation sites (tertiary alicyclic amines) is 1. The van der Waals surface area contributed by atoms with Gasteiger partial charge in [-0.3, -0.25) is 4.79 Å². The number of benzene rings is 1. The van der Waals surface area contributed by atoms with E-state index in [1.807, 2.05) is 11.5 Å². The monoisotopic (exact) mass is 399 g/mol. The highest BCUT2D eigenvalue weighted by atomic mass is 19.4. The molecule has 0 unspecified atom stereocenters. The molecule has 0 atom stereocenters. The van der Waals surface area contributed by atoms with Gasteiger partial charge in [0.1, 0.15) is 5.82 Å². The van der Waals surface area contributed by atoms with Crippen LogP contribution in [0, 0.1) is 6.92 Å². The summed E-state index contributed by atoms with van der Waals surface area (Å²) in [4.78, 5) is 17.5. The molecular weight excluding hydrogens is 373 g/mol. The van der Waals surface area contributed by atoms with E-state index in [0.29, 0.717) is 25.2 Å². The van der Waals surface area contributed by atoms with E-state index < -0.39 is 11.7 Å². The second-order valence-electron chi connectivity index (χ2n) is 7.23. The van der Waals surface area contributed by atoms with Crippen LogP contribution in [0.2, 0.25) is 0 Å². The van der Waals surface area contributed by atoms with Crippen LogP contribution in [0.25, 0.3) is 11.0 Å². The fraction of sp³-hybridized carbons (Fsp3) is 0.579. The van der Waals surface area contributed by atoms with Crippen LogP contribution < -0.4 is 10.2 Å². The number of quaternary nitrogens is 1. The molecule has 1 aliphatic heterocycles. The maximum Gasteiger partial charge on any atom is 0.416 e. The van der Waals surface area contributed by atoms with Gasteiger partial charge < -0.3 is 19.5 Å². The van der Waals surface area contributed by atoms with Gasteiger partial charge in [-0.05, 0) is 25.1 Å². The van der Waals surface area contributed by atoms with Crippen LogP contribution in [0.3, 0.4) is 0 Å². The molecule has 0 saturated carbocycles. The summed E-state index contributed by atoms with van der Waals surface area (Å²) in [7, 11) is 1.59. The molecule has 1 aliphatic rings. The van der Waals surface area contributed by atoms with Crippen molar-refractivity contribution in [2.75, 3.05) is 39.9 Å². The molecule has 2 heterocycles. The molecule has 0 radical (unpaired) electrons. The van der Waals surface area contributed by atoms with Crippen LogP contribution in [0.15, 0.2) is 18.2 Å². The smallest absolute Gasteiger partial charge is 0.383 e. The lowest BCUT2D eigenvalue weighted by Crippen LogP contribution is -3.14. The number of fused-ring (bicyclic) bond motifs is 1. The van der Waals surface area contributed by atoms with E-state index in [2.05, 4.69) is 10.3 Å². The molecule has 1 amide bonds. The minimum Gasteiger partial charge on any atom is -0.383 e. The van der Waals surface area contributed by atoms with Crippen LogP contribution in [-0.4, -0.2) is 55.4 Å². The number of aryl methyl sites for hydroxylation is 1. The number of alkyl halides is 3. The Morgan fingerprint density at radius 1 is 1.36 bits per heavy atom. The van der Waals surface area contributed by atoms with Crippen molar-refractivity contribution < 1.29 is 27.6 Å². The van der Waals surface area contributed by atoms with Crippen molar-refractivity contribution in [1.82, 2.24) is 14.9 Å². The normalized spacial score (nSPS) is 20.5. The summed E-state index contributed by atoms with van der Waals surface area (Å²) in [6.07, 6.45) is -2.66. The first-order valence-corrected chi connectivity index (χ1v) is 9.44. The van der Waals surface area contributed by atoms with Crippen molar-refractivity contribution in [3.63, 3.8) is 0 Å². The molecule has 0 spiro atoms. The zero-order valence-electron chi connectivity index (χ0n) is 16.1. The highest BCUT2D eigenvalue weighted by Gasteiger charge is 2.32. The number of carbonyl (C=O) groups is 1. The number of imidazole rings is 1. The molecule has 2 N–H and O–H groups in total. The summed E-state index contributed by atoms with van der Waals surface area (Å²) in [5.74, 6) is 0.731. The number of hydrogen-bond acceptors (Lipinski definition) is 3. The van der Waals surface area contributed by atoms with Gasteiger partial charge in [-0.1, -0.05) is 0 Å². The minimum absolute atomic E-state index is 0.00874. The van der Waals surface area contributed by atoms with Gasteiger partial charge in [0.2, 0.25) is 0 Å². The van der Waals surface area contributed by atoms with Gasteiger partial charge in [0.25, 0.3) is 5.91 Å². The summed E-state index contributed by atoms with van der Waals surface area (Å²) >= 11 is 0. The van der Waals surface area contributed by atoms with Crippen molar-refractivity contribution in [2.24, 2.45) is 0 Å². The van der Waals surface area contributed by atoms with E-state index in [1.54, 1.807) is 7.11 Å². The van der Waals surface area contributed by atoms with Crippen molar-refractivity contribution in [3.05, 3.63) is 29.6 Å². The highest BCUT2D eigenvalue weighted by molar-refractivity contribution is 5.77. The summed E-state index contributed by atoms with van der Waals surface area (Å²) in [5.41, 5.74) is 0.430. The zero-order chi connectivity index (χ0) is 20.3. The average Bonchev–Trinajstić information content (AvgIpc) is 2.97. The predicted octanol–water partition coefficient (Wildman–Crippen LogP) is 1.35. The van der Waals surface area contributed by atoms with Crippen molar-refractivity contribution in [1.29, 1.82) is 0 Å². The SMILES string of the molecule is COCCNC(=O)C[NH+]1CCC(n2c(C)nc3cc(C(F)(F)F)ccc32)CC1. The van der Waals surface area contributed by atoms with Gasteiger partial charge in [-0.2, -0.15) is 13.2 Å². The Morgan fingerprint density at radius 3 is 2.71 bits per heavy atom. The molecule has 1 aromatic carbocycles. The van der Waals surface area contributed by atoms with E-state index >= 15 is 0 Å². The summed E-state index contributed by atoms with van der Waals surface area (Å²) in [6, 6.07) is 3.93. The van der Waals surface area contributed by atoms with Gasteiger partial charge >= 0.3 is 6.18 Å². The molecule has 6 nitrogen and oxygen atoms in total. The van der Waals surface area contributed by atoms with E-state index in [1.165, 1.54) is 11.0 Å². The Bertz CT molecular complexity index is 826. The van der Waals surface area contributed by atoms with Crippen LogP contribution in [-0.2, 0) is 15.7 Å². The van der Waals surface area contributed by atoms with E-state index in [-0.39, 0.29) is 11.9 Å². The van der Waals surface area contributed by atoms with Gasteiger partial charge in [-0.15, -0.1) is 0 Å². The number of carbonyl (C=O) groups excluding carboxylic acids is 1. The standard InChI is InChI=1S/C19H25F3N4O2/c1-13-24-16-11-14(19(20,21)22)3-4-17(16)26(13)15-5-8-25(9-6-15)12-18(27)23-7-10-28-2/h3-4,11,15H,5-10,12H2,1-2H3,(H,23,27)/p+1. The Labute approximate surface area is 161 Å². The Morgan fingerprint density at radius 2 is 2.07 bits per heavy atom. The Kier molecular flexibility index (Phi) is 6.24. The number of halogens is 3. The van der Waals surface area contributed by atoms with Crippen molar-refractivity contribution in [3.8, 4) is 0 Å². The lowest BCUT2D eigenvalue weighted by molar-refractivity contribution is -0.897. The number of rotatable bonds is 6. The van der Waals surface area contributed by atoms with Crippen LogP contribution in [0.1, 0.15) is 30.3 Å². The number of methoxy groups -OCH3 is 1. The number of aromatic nitrogens is 2. The van der Waals surface area contributed by atoms with Gasteiger partial charge in [-0.25, -0.2) is 4.98 Å². The first-order valence-electron chi connectivity index (χ1n) is 9.44. The van der Waals surface area contributed by atoms with E-state index in [4.69, 9.17) is 4.74 Å². The van der Waals surface area contributed by atoms with Gasteiger partial charge in [0, 0.05) is 32.5 Å². The van der Waals surface area contributed by atoms with Gasteiger partial charge in [0.05, 0.1) is 36.3 Å². The quantitative estimate of drug-likeness (QED) is 0.721. The summed E-state index contributed by atoms with van der Waals surface area (Å²) in [5, 5.41) is 2.83. The molecular formula is C19H26F3N4O2+. The second kappa shape index (κ2) is 8.48. The third-order valence-corrected chi connectivity index (χ3v) is 5.26. The molecule has 1 fully saturated rings. The summed E-state index contributed by atoms with van der Waals surface area (Å²) in [6.45, 7) is 4.92. The third kappa shape index (κ3) is 4.64. The van der Waals surface area contributed by atoms with Crippen molar-refractivity contribution in [2.45, 2.75) is 32.0 Å². The van der Waals surface area contributed by atoms with Crippen LogP contribution >= 0.6 is 0 Å². The minimum atomic E-state index is -4.37. The number of piperidine rings is 1. The van der Waals surface area contributed by atoms with Crippen LogP contribution in [0.4, 0.5) is 13.2 Å². The molecule has 28 heavy (non-hydrogen) atoms. The fourth-order valence-corrected chi connectivity index (χ4v) is 3.88. The van der Waals surface area contributed by atoms with Crippen molar-refractivity contribution >= 4 is 16.9 Å². The molecule has 3 rings (SSSR count). The first kappa shape index (κ1) is 20.6. The fourth-order valence-electron chi connectivity index (χ4n) is 3.88. The van der Waals surface area contributed by atoms with E-state index in [0.717, 1.165) is 49.4 Å². The second-order valence-corrected chi connectivity index (χ2v) is 7.23. The third-order valence-electron chi connectivity index (χ3n) is 5.26. The molecule has 9 heteroatoms. The number of amides is 1. The van der Waals surface area contributed by atoms with Crippen LogP contribution in [0.5, 0.6) is 0 Å². The molecule has 1 saturated heterocycles. The lowest BCUT2D eigenvalue weighted by Gasteiger charge is -2.30. The first-order chi connectivity index (χ1) is 13.3. The number of ether oxygens (including phenoxy) is 1. The molecule has 1 aromatic heterocycles. The largest absolute Gasteiger partial charge is 0.416 e. The molecule has 0 bridgehead atoms. The van der Waals surface area contributed by atoms with E-state index in [9.17, 15) is 18.0 Å². The molecule has 154 valence electrons. The molecule has 0 aliphatic carbocycles. The lowest BCUT2D eigenvalue weighted by atomic mass is 10.0. The number of nitrogens with one attached hydrogen (secondary N) is 2. The maximum absolute atomic E-state index is 12.9. The summed E-state index contributed by atoms with van der Waals surface area (Å²) < 4.78 is 45.8. The van der Waals surface area contributed by atoms with Gasteiger partial charge in [0.15, 0.2) is 6.54 Å². The topological polar surface area (TPSA) is 60.6 Å². The average molecular weight is 399 g/mol. The Hall–Kier alpha value is -2.13. The number of nitrogens with zero attached hydrogens (tertiary/aromatic N) is 2. The zero-order valence-corrected chi connectivity index (χ0v) is 16.1. The Balaban J connectivity index is 1.65. The predicted molar refractivity (Wildman–Crippen MR) is 98.2 cm³/mol.